The van der Waals surface area contributed by atoms with E-state index in [0.29, 0.717) is 15.8 Å². The second kappa shape index (κ2) is 6.90. The van der Waals surface area contributed by atoms with Gasteiger partial charge in [0.05, 0.1) is 22.2 Å². The molecule has 1 saturated heterocycles. The van der Waals surface area contributed by atoms with Gasteiger partial charge in [0, 0.05) is 12.5 Å². The highest BCUT2D eigenvalue weighted by Crippen LogP contribution is 2.35. The number of amides is 2. The lowest BCUT2D eigenvalue weighted by atomic mass is 10.2. The van der Waals surface area contributed by atoms with Gasteiger partial charge in [-0.15, -0.1) is 6.42 Å². The Bertz CT molecular complexity index is 1010. The second-order valence-corrected chi connectivity index (χ2v) is 7.61. The first kappa shape index (κ1) is 16.8. The van der Waals surface area contributed by atoms with E-state index >= 15 is 0 Å². The summed E-state index contributed by atoms with van der Waals surface area (Å²) < 4.78 is 5.76. The Morgan fingerprint density at radius 1 is 1.31 bits per heavy atom. The fourth-order valence-corrected chi connectivity index (χ4v) is 4.30. The van der Waals surface area contributed by atoms with Gasteiger partial charge in [0.15, 0.2) is 5.09 Å². The van der Waals surface area contributed by atoms with Crippen LogP contribution < -0.4 is 0 Å². The molecule has 2 aliphatic heterocycles. The van der Waals surface area contributed by atoms with Crippen LogP contribution in [-0.2, 0) is 11.2 Å². The van der Waals surface area contributed by atoms with Crippen molar-refractivity contribution in [2.24, 2.45) is 4.99 Å². The molecule has 1 aromatic heterocycles. The standard InChI is InChI=1S/C19H12N2O3S2/c1-2-9-21-18(22)15(25-19(21)23)11-13-7-8-17(24-13)26-16-10-12-5-3-4-6-14(12)20-16/h1,3-8,11H,9-10H2. The minimum absolute atomic E-state index is 0.0261. The van der Waals surface area contributed by atoms with Crippen molar-refractivity contribution >= 4 is 51.5 Å². The quantitative estimate of drug-likeness (QED) is 0.586. The predicted molar refractivity (Wildman–Crippen MR) is 103 cm³/mol. The third-order valence-corrected chi connectivity index (χ3v) is 5.59. The van der Waals surface area contributed by atoms with E-state index in [1.165, 1.54) is 17.3 Å². The largest absolute Gasteiger partial charge is 0.450 e. The maximum atomic E-state index is 12.2. The highest BCUT2D eigenvalue weighted by atomic mass is 32.2. The van der Waals surface area contributed by atoms with Gasteiger partial charge in [0.25, 0.3) is 11.1 Å². The number of furan rings is 1. The van der Waals surface area contributed by atoms with Crippen LogP contribution in [0.4, 0.5) is 10.5 Å². The Morgan fingerprint density at radius 3 is 2.96 bits per heavy atom. The molecule has 0 aliphatic carbocycles. The molecule has 0 unspecified atom stereocenters. The Balaban J connectivity index is 1.47. The molecule has 7 heteroatoms. The summed E-state index contributed by atoms with van der Waals surface area (Å²) in [5.74, 6) is 2.43. The summed E-state index contributed by atoms with van der Waals surface area (Å²) in [6.07, 6.45) is 7.53. The number of hydrogen-bond acceptors (Lipinski definition) is 6. The number of imide groups is 1. The number of thioether (sulfide) groups is 2. The fourth-order valence-electron chi connectivity index (χ4n) is 2.60. The number of benzene rings is 1. The number of aliphatic imine (C=N–C) groups is 1. The van der Waals surface area contributed by atoms with E-state index in [0.717, 1.165) is 33.8 Å². The third kappa shape index (κ3) is 3.21. The Kier molecular flexibility index (Phi) is 4.45. The number of rotatable bonds is 3. The predicted octanol–water partition coefficient (Wildman–Crippen LogP) is 4.33. The van der Waals surface area contributed by atoms with Crippen molar-refractivity contribution in [3.05, 3.63) is 52.6 Å². The van der Waals surface area contributed by atoms with E-state index in [1.807, 2.05) is 24.3 Å². The molecular formula is C19H12N2O3S2. The molecule has 0 radical (unpaired) electrons. The highest BCUT2D eigenvalue weighted by molar-refractivity contribution is 8.18. The maximum Gasteiger partial charge on any atom is 0.294 e. The molecule has 128 valence electrons. The molecule has 3 heterocycles. The maximum absolute atomic E-state index is 12.2. The number of carbonyl (C=O) groups is 2. The topological polar surface area (TPSA) is 62.9 Å². The van der Waals surface area contributed by atoms with Crippen molar-refractivity contribution in [1.82, 2.24) is 4.90 Å². The van der Waals surface area contributed by atoms with Gasteiger partial charge in [0.1, 0.15) is 5.76 Å². The fraction of sp³-hybridized carbons (Fsp3) is 0.105. The second-order valence-electron chi connectivity index (χ2n) is 5.54. The Labute approximate surface area is 158 Å². The lowest BCUT2D eigenvalue weighted by molar-refractivity contribution is -0.122. The SMILES string of the molecule is C#CCN1C(=O)SC(=Cc2ccc(SC3=Nc4ccccc4C3)o2)C1=O. The van der Waals surface area contributed by atoms with Crippen LogP contribution in [0.5, 0.6) is 0 Å². The molecule has 2 aromatic rings. The number of nitrogens with zero attached hydrogens (tertiary/aromatic N) is 2. The van der Waals surface area contributed by atoms with E-state index < -0.39 is 0 Å². The van der Waals surface area contributed by atoms with Gasteiger partial charge in [-0.25, -0.2) is 4.99 Å². The van der Waals surface area contributed by atoms with Crippen LogP contribution in [0.25, 0.3) is 6.08 Å². The number of terminal acetylenes is 1. The summed E-state index contributed by atoms with van der Waals surface area (Å²) in [7, 11) is 0. The molecule has 0 N–H and O–H groups in total. The third-order valence-electron chi connectivity index (χ3n) is 3.80. The van der Waals surface area contributed by atoms with Crippen LogP contribution >= 0.6 is 23.5 Å². The first-order valence-electron chi connectivity index (χ1n) is 7.76. The van der Waals surface area contributed by atoms with Gasteiger partial charge in [-0.2, -0.15) is 0 Å². The van der Waals surface area contributed by atoms with Crippen molar-refractivity contribution in [1.29, 1.82) is 0 Å². The average Bonchev–Trinajstić information content (AvgIpc) is 3.30. The van der Waals surface area contributed by atoms with Crippen LogP contribution in [0.1, 0.15) is 11.3 Å². The van der Waals surface area contributed by atoms with Gasteiger partial charge in [0.2, 0.25) is 0 Å². The molecule has 5 nitrogen and oxygen atoms in total. The molecule has 1 fully saturated rings. The van der Waals surface area contributed by atoms with Crippen LogP contribution in [0.2, 0.25) is 0 Å². The van der Waals surface area contributed by atoms with Gasteiger partial charge in [-0.1, -0.05) is 24.1 Å². The van der Waals surface area contributed by atoms with Crippen LogP contribution in [-0.4, -0.2) is 27.6 Å². The molecule has 2 aliphatic rings. The lowest BCUT2D eigenvalue weighted by Crippen LogP contribution is -2.28. The molecule has 1 aromatic carbocycles. The summed E-state index contributed by atoms with van der Waals surface area (Å²) >= 11 is 2.32. The van der Waals surface area contributed by atoms with Crippen molar-refractivity contribution in [3.8, 4) is 12.3 Å². The molecule has 26 heavy (non-hydrogen) atoms. The monoisotopic (exact) mass is 380 g/mol. The lowest BCUT2D eigenvalue weighted by Gasteiger charge is -2.06. The Hall–Kier alpha value is -2.69. The smallest absolute Gasteiger partial charge is 0.294 e. The van der Waals surface area contributed by atoms with Crippen molar-refractivity contribution in [2.75, 3.05) is 6.54 Å². The summed E-state index contributed by atoms with van der Waals surface area (Å²) in [5.41, 5.74) is 2.19. The zero-order valence-corrected chi connectivity index (χ0v) is 15.1. The Morgan fingerprint density at radius 2 is 2.15 bits per heavy atom. The van der Waals surface area contributed by atoms with E-state index in [4.69, 9.17) is 10.8 Å². The van der Waals surface area contributed by atoms with Crippen LogP contribution in [0, 0.1) is 12.3 Å². The van der Waals surface area contributed by atoms with Gasteiger partial charge < -0.3 is 4.42 Å². The highest BCUT2D eigenvalue weighted by Gasteiger charge is 2.34. The summed E-state index contributed by atoms with van der Waals surface area (Å²) in [5, 5.41) is 1.28. The van der Waals surface area contributed by atoms with E-state index in [2.05, 4.69) is 17.0 Å². The van der Waals surface area contributed by atoms with Gasteiger partial charge in [-0.3, -0.25) is 14.5 Å². The number of hydrogen-bond donors (Lipinski definition) is 0. The zero-order chi connectivity index (χ0) is 18.1. The normalized spacial score (nSPS) is 17.6. The molecular weight excluding hydrogens is 368 g/mol. The van der Waals surface area contributed by atoms with E-state index in [1.54, 1.807) is 12.1 Å². The zero-order valence-electron chi connectivity index (χ0n) is 13.5. The first-order valence-corrected chi connectivity index (χ1v) is 9.39. The van der Waals surface area contributed by atoms with Crippen molar-refractivity contribution in [3.63, 3.8) is 0 Å². The molecule has 0 atom stereocenters. The molecule has 2 amide bonds. The van der Waals surface area contributed by atoms with Crippen molar-refractivity contribution in [2.45, 2.75) is 11.5 Å². The molecule has 0 spiro atoms. The summed E-state index contributed by atoms with van der Waals surface area (Å²) in [4.78, 5) is 29.9. The molecule has 4 rings (SSSR count). The van der Waals surface area contributed by atoms with E-state index in [-0.39, 0.29) is 17.7 Å². The number of fused-ring (bicyclic) bond motifs is 1. The molecule has 0 bridgehead atoms. The van der Waals surface area contributed by atoms with Crippen LogP contribution in [0.3, 0.4) is 0 Å². The number of carbonyl (C=O) groups excluding carboxylic acids is 2. The van der Waals surface area contributed by atoms with Crippen LogP contribution in [0.15, 0.2) is 55.8 Å². The average molecular weight is 380 g/mol. The number of para-hydroxylation sites is 1. The minimum atomic E-state index is -0.390. The summed E-state index contributed by atoms with van der Waals surface area (Å²) in [6.45, 7) is -0.0261. The first-order chi connectivity index (χ1) is 12.6. The summed E-state index contributed by atoms with van der Waals surface area (Å²) in [6, 6.07) is 11.6. The molecule has 0 saturated carbocycles. The van der Waals surface area contributed by atoms with Crippen molar-refractivity contribution < 1.29 is 14.0 Å². The van der Waals surface area contributed by atoms with Gasteiger partial charge >= 0.3 is 0 Å². The minimum Gasteiger partial charge on any atom is -0.450 e. The van der Waals surface area contributed by atoms with Gasteiger partial charge in [-0.05, 0) is 47.3 Å². The van der Waals surface area contributed by atoms with E-state index in [9.17, 15) is 9.59 Å².